The molecule has 0 aromatic heterocycles. The number of carbonyl (C=O) groups is 1. The molecular formula is C27H26FN3OS. The Morgan fingerprint density at radius 3 is 2.48 bits per heavy atom. The van der Waals surface area contributed by atoms with Crippen molar-refractivity contribution in [3.05, 3.63) is 89.2 Å². The molecule has 168 valence electrons. The zero-order valence-electron chi connectivity index (χ0n) is 18.7. The summed E-state index contributed by atoms with van der Waals surface area (Å²) in [5.74, 6) is -0.403. The average Bonchev–Trinajstić information content (AvgIpc) is 2.98. The van der Waals surface area contributed by atoms with Crippen LogP contribution in [0.5, 0.6) is 0 Å². The number of piperidine rings is 1. The molecule has 0 bridgehead atoms. The van der Waals surface area contributed by atoms with E-state index in [1.54, 1.807) is 23.9 Å². The number of fused-ring (bicyclic) bond motifs is 2. The molecule has 0 unspecified atom stereocenters. The van der Waals surface area contributed by atoms with Crippen LogP contribution in [0, 0.1) is 5.82 Å². The molecule has 3 aromatic rings. The molecule has 2 atom stereocenters. The second-order valence-corrected chi connectivity index (χ2v) is 9.81. The fourth-order valence-electron chi connectivity index (χ4n) is 4.53. The van der Waals surface area contributed by atoms with E-state index in [1.165, 1.54) is 18.6 Å². The van der Waals surface area contributed by atoms with Crippen LogP contribution in [0.25, 0.3) is 0 Å². The van der Waals surface area contributed by atoms with Gasteiger partial charge in [0.2, 0.25) is 0 Å². The van der Waals surface area contributed by atoms with E-state index < -0.39 is 0 Å². The molecule has 4 nitrogen and oxygen atoms in total. The SMILES string of the molecule is C[C@@H]1CCC[C@H](C)N1NC(=O)c1ccc2c(c1)N=C(c1ccc(F)cc1)c1ccccc1S2. The molecule has 0 spiro atoms. The number of rotatable bonds is 3. The third kappa shape index (κ3) is 4.45. The number of hydrogen-bond donors (Lipinski definition) is 1. The predicted molar refractivity (Wildman–Crippen MR) is 131 cm³/mol. The van der Waals surface area contributed by atoms with E-state index in [0.29, 0.717) is 17.6 Å². The summed E-state index contributed by atoms with van der Waals surface area (Å²) >= 11 is 1.63. The largest absolute Gasteiger partial charge is 0.284 e. The fraction of sp³-hybridized carbons (Fsp3) is 0.259. The van der Waals surface area contributed by atoms with E-state index in [4.69, 9.17) is 4.99 Å². The van der Waals surface area contributed by atoms with Crippen LogP contribution >= 0.6 is 11.8 Å². The molecule has 2 aliphatic heterocycles. The number of hydrazine groups is 1. The second-order valence-electron chi connectivity index (χ2n) is 8.73. The molecule has 3 aromatic carbocycles. The number of halogens is 1. The molecule has 2 aliphatic rings. The molecule has 1 fully saturated rings. The maximum Gasteiger partial charge on any atom is 0.265 e. The van der Waals surface area contributed by atoms with Gasteiger partial charge in [0.25, 0.3) is 5.91 Å². The van der Waals surface area contributed by atoms with Crippen LogP contribution in [-0.2, 0) is 0 Å². The van der Waals surface area contributed by atoms with Gasteiger partial charge in [-0.25, -0.2) is 14.4 Å². The van der Waals surface area contributed by atoms with Crippen molar-refractivity contribution in [2.24, 2.45) is 4.99 Å². The van der Waals surface area contributed by atoms with Gasteiger partial charge in [0, 0.05) is 38.6 Å². The Kier molecular flexibility index (Phi) is 6.04. The first-order chi connectivity index (χ1) is 16.0. The lowest BCUT2D eigenvalue weighted by molar-refractivity contribution is 0.0370. The summed E-state index contributed by atoms with van der Waals surface area (Å²) in [6.45, 7) is 4.31. The Hall–Kier alpha value is -2.96. The van der Waals surface area contributed by atoms with Gasteiger partial charge in [-0.2, -0.15) is 0 Å². The van der Waals surface area contributed by atoms with Crippen molar-refractivity contribution in [2.45, 2.75) is 55.0 Å². The van der Waals surface area contributed by atoms with Crippen molar-refractivity contribution < 1.29 is 9.18 Å². The van der Waals surface area contributed by atoms with Crippen molar-refractivity contribution in [3.8, 4) is 0 Å². The van der Waals surface area contributed by atoms with Crippen molar-refractivity contribution in [3.63, 3.8) is 0 Å². The minimum absolute atomic E-state index is 0.122. The van der Waals surface area contributed by atoms with E-state index in [-0.39, 0.29) is 11.7 Å². The van der Waals surface area contributed by atoms with Crippen LogP contribution < -0.4 is 5.43 Å². The fourth-order valence-corrected chi connectivity index (χ4v) is 5.54. The number of carbonyl (C=O) groups excluding carboxylic acids is 1. The lowest BCUT2D eigenvalue weighted by Gasteiger charge is -2.38. The molecule has 1 saturated heterocycles. The first-order valence-corrected chi connectivity index (χ1v) is 12.2. The van der Waals surface area contributed by atoms with Gasteiger partial charge in [-0.05, 0) is 75.2 Å². The summed E-state index contributed by atoms with van der Waals surface area (Å²) in [7, 11) is 0. The van der Waals surface area contributed by atoms with Gasteiger partial charge >= 0.3 is 0 Å². The lowest BCUT2D eigenvalue weighted by Crippen LogP contribution is -2.54. The smallest absolute Gasteiger partial charge is 0.265 e. The van der Waals surface area contributed by atoms with Crippen LogP contribution in [-0.4, -0.2) is 28.7 Å². The van der Waals surface area contributed by atoms with Crippen molar-refractivity contribution in [1.29, 1.82) is 0 Å². The van der Waals surface area contributed by atoms with Gasteiger partial charge in [0.1, 0.15) is 5.82 Å². The summed E-state index contributed by atoms with van der Waals surface area (Å²) in [6.07, 6.45) is 3.34. The molecule has 1 amide bonds. The summed E-state index contributed by atoms with van der Waals surface area (Å²) in [5, 5.41) is 2.08. The van der Waals surface area contributed by atoms with Gasteiger partial charge in [-0.15, -0.1) is 0 Å². The number of aliphatic imine (C=N–C) groups is 1. The van der Waals surface area contributed by atoms with Gasteiger partial charge in [-0.1, -0.05) is 36.4 Å². The molecule has 0 saturated carbocycles. The summed E-state index contributed by atoms with van der Waals surface area (Å²) < 4.78 is 13.6. The van der Waals surface area contributed by atoms with E-state index in [0.717, 1.165) is 45.2 Å². The van der Waals surface area contributed by atoms with E-state index in [2.05, 4.69) is 30.3 Å². The number of benzene rings is 3. The average molecular weight is 460 g/mol. The minimum atomic E-state index is -0.281. The number of nitrogens with zero attached hydrogens (tertiary/aromatic N) is 2. The van der Waals surface area contributed by atoms with Gasteiger partial charge < -0.3 is 0 Å². The number of nitrogens with one attached hydrogen (secondary N) is 1. The van der Waals surface area contributed by atoms with Crippen LogP contribution in [0.1, 0.15) is 54.6 Å². The van der Waals surface area contributed by atoms with Crippen molar-refractivity contribution in [1.82, 2.24) is 10.4 Å². The quantitative estimate of drug-likeness (QED) is 0.387. The van der Waals surface area contributed by atoms with Crippen molar-refractivity contribution in [2.75, 3.05) is 0 Å². The summed E-state index contributed by atoms with van der Waals surface area (Å²) in [5.41, 5.74) is 7.04. The second kappa shape index (κ2) is 9.12. The molecule has 0 aliphatic carbocycles. The first kappa shape index (κ1) is 21.9. The van der Waals surface area contributed by atoms with Gasteiger partial charge in [-0.3, -0.25) is 10.2 Å². The van der Waals surface area contributed by atoms with Crippen LogP contribution in [0.15, 0.2) is 81.5 Å². The highest BCUT2D eigenvalue weighted by Crippen LogP contribution is 2.41. The molecule has 33 heavy (non-hydrogen) atoms. The van der Waals surface area contributed by atoms with Crippen LogP contribution in [0.2, 0.25) is 0 Å². The van der Waals surface area contributed by atoms with Crippen LogP contribution in [0.3, 0.4) is 0 Å². The molecule has 5 rings (SSSR count). The number of amides is 1. The van der Waals surface area contributed by atoms with E-state index >= 15 is 0 Å². The molecular weight excluding hydrogens is 433 g/mol. The molecule has 2 heterocycles. The number of hydrogen-bond acceptors (Lipinski definition) is 4. The first-order valence-electron chi connectivity index (χ1n) is 11.3. The zero-order chi connectivity index (χ0) is 22.9. The Morgan fingerprint density at radius 1 is 1.00 bits per heavy atom. The predicted octanol–water partition coefficient (Wildman–Crippen LogP) is 6.37. The monoisotopic (exact) mass is 459 g/mol. The highest BCUT2D eigenvalue weighted by molar-refractivity contribution is 7.99. The van der Waals surface area contributed by atoms with E-state index in [1.807, 2.05) is 36.4 Å². The molecule has 1 N–H and O–H groups in total. The lowest BCUT2D eigenvalue weighted by atomic mass is 10.00. The maximum absolute atomic E-state index is 13.6. The van der Waals surface area contributed by atoms with Gasteiger partial charge in [0.05, 0.1) is 11.4 Å². The summed E-state index contributed by atoms with van der Waals surface area (Å²) in [4.78, 5) is 20.2. The molecule has 0 radical (unpaired) electrons. The minimum Gasteiger partial charge on any atom is -0.284 e. The topological polar surface area (TPSA) is 44.7 Å². The van der Waals surface area contributed by atoms with Crippen molar-refractivity contribution >= 4 is 29.1 Å². The Labute approximate surface area is 197 Å². The van der Waals surface area contributed by atoms with Crippen LogP contribution in [0.4, 0.5) is 10.1 Å². The Morgan fingerprint density at radius 2 is 1.73 bits per heavy atom. The summed E-state index contributed by atoms with van der Waals surface area (Å²) in [6, 6.07) is 20.8. The highest BCUT2D eigenvalue weighted by Gasteiger charge is 2.27. The highest BCUT2D eigenvalue weighted by atomic mass is 32.2. The standard InChI is InChI=1S/C27H26FN3OS/c1-17-6-5-7-18(2)31(17)30-27(32)20-12-15-25-23(16-20)29-26(19-10-13-21(28)14-11-19)22-8-3-4-9-24(22)33-25/h3-4,8-18H,5-7H2,1-2H3,(H,30,32)/t17-,18+. The molecule has 6 heteroatoms. The normalized spacial score (nSPS) is 20.3. The van der Waals surface area contributed by atoms with Gasteiger partial charge in [0.15, 0.2) is 0 Å². The Bertz CT molecular complexity index is 1210. The zero-order valence-corrected chi connectivity index (χ0v) is 19.5. The Balaban J connectivity index is 1.52. The third-order valence-corrected chi connectivity index (χ3v) is 7.50. The maximum atomic E-state index is 13.6. The third-order valence-electron chi connectivity index (χ3n) is 6.36. The van der Waals surface area contributed by atoms with E-state index in [9.17, 15) is 9.18 Å².